The van der Waals surface area contributed by atoms with Crippen molar-refractivity contribution in [3.05, 3.63) is 61.3 Å². The Hall–Kier alpha value is -1.92. The first kappa shape index (κ1) is 15.5. The minimum atomic E-state index is -0.580. The topological polar surface area (TPSA) is 63.5 Å². The molecule has 2 rings (SSSR count). The second kappa shape index (κ2) is 6.69. The maximum atomic E-state index is 12.4. The monoisotopic (exact) mass is 324 g/mol. The molecule has 7 heteroatoms. The van der Waals surface area contributed by atoms with Gasteiger partial charge >= 0.3 is 0 Å². The maximum Gasteiger partial charge on any atom is 0.299 e. The fourth-order valence-corrected chi connectivity index (χ4v) is 3.07. The van der Waals surface area contributed by atoms with Crippen molar-refractivity contribution in [3.8, 4) is 0 Å². The number of nitro groups is 1. The molecule has 0 bridgehead atoms. The minimum Gasteiger partial charge on any atom is -0.334 e. The molecule has 0 atom stereocenters. The molecule has 5 nitrogen and oxygen atoms in total. The van der Waals surface area contributed by atoms with Crippen molar-refractivity contribution in [2.45, 2.75) is 13.5 Å². The summed E-state index contributed by atoms with van der Waals surface area (Å²) in [6.45, 7) is 2.83. The molecular weight excluding hydrogens is 312 g/mol. The maximum absolute atomic E-state index is 12.4. The molecule has 2 aromatic rings. The standard InChI is InChI=1S/C14H13ClN2O3S/c1-2-16(9-10-6-4-3-5-7-10)14(18)12-8-11(17(19)20)13(15)21-12/h3-8H,2,9H2,1H3. The number of rotatable bonds is 5. The zero-order valence-electron chi connectivity index (χ0n) is 11.3. The van der Waals surface area contributed by atoms with E-state index in [4.69, 9.17) is 11.6 Å². The summed E-state index contributed by atoms with van der Waals surface area (Å²) in [5, 5.41) is 10.8. The van der Waals surface area contributed by atoms with Gasteiger partial charge in [-0.3, -0.25) is 14.9 Å². The average molecular weight is 325 g/mol. The summed E-state index contributed by atoms with van der Waals surface area (Å²) in [7, 11) is 0. The lowest BCUT2D eigenvalue weighted by atomic mass is 10.2. The second-order valence-electron chi connectivity index (χ2n) is 4.33. The largest absolute Gasteiger partial charge is 0.334 e. The molecule has 0 N–H and O–H groups in total. The van der Waals surface area contributed by atoms with E-state index in [9.17, 15) is 14.9 Å². The first-order valence-corrected chi connectivity index (χ1v) is 7.49. The SMILES string of the molecule is CCN(Cc1ccccc1)C(=O)c1cc([N+](=O)[O-])c(Cl)s1. The summed E-state index contributed by atoms with van der Waals surface area (Å²) in [6, 6.07) is 10.8. The minimum absolute atomic E-state index is 0.0270. The summed E-state index contributed by atoms with van der Waals surface area (Å²) < 4.78 is 0.0270. The Labute approximate surface area is 130 Å². The fourth-order valence-electron chi connectivity index (χ4n) is 1.88. The summed E-state index contributed by atoms with van der Waals surface area (Å²) >= 11 is 6.74. The van der Waals surface area contributed by atoms with Crippen molar-refractivity contribution in [1.82, 2.24) is 4.90 Å². The highest BCUT2D eigenvalue weighted by Crippen LogP contribution is 2.34. The zero-order valence-corrected chi connectivity index (χ0v) is 12.9. The molecule has 0 aliphatic heterocycles. The van der Waals surface area contributed by atoms with Gasteiger partial charge in [-0.2, -0.15) is 0 Å². The summed E-state index contributed by atoms with van der Waals surface area (Å²) in [6.07, 6.45) is 0. The Kier molecular flexibility index (Phi) is 4.93. The van der Waals surface area contributed by atoms with Crippen LogP contribution in [0, 0.1) is 10.1 Å². The first-order chi connectivity index (χ1) is 10.0. The van der Waals surface area contributed by atoms with Crippen molar-refractivity contribution >= 4 is 34.5 Å². The van der Waals surface area contributed by atoms with Gasteiger partial charge in [0.25, 0.3) is 11.6 Å². The van der Waals surface area contributed by atoms with E-state index in [1.165, 1.54) is 6.07 Å². The van der Waals surface area contributed by atoms with Crippen molar-refractivity contribution < 1.29 is 9.72 Å². The summed E-state index contributed by atoms with van der Waals surface area (Å²) in [4.78, 5) is 24.5. The summed E-state index contributed by atoms with van der Waals surface area (Å²) in [5.41, 5.74) is 0.783. The molecule has 1 aromatic carbocycles. The third kappa shape index (κ3) is 3.59. The molecule has 1 heterocycles. The van der Waals surface area contributed by atoms with Gasteiger partial charge in [-0.15, -0.1) is 11.3 Å². The molecule has 0 saturated heterocycles. The number of carbonyl (C=O) groups is 1. The van der Waals surface area contributed by atoms with Crippen molar-refractivity contribution in [3.63, 3.8) is 0 Å². The van der Waals surface area contributed by atoms with Gasteiger partial charge < -0.3 is 4.90 Å². The van der Waals surface area contributed by atoms with E-state index < -0.39 is 4.92 Å². The van der Waals surface area contributed by atoms with Crippen molar-refractivity contribution in [2.75, 3.05) is 6.54 Å². The van der Waals surface area contributed by atoms with Crippen LogP contribution in [0.1, 0.15) is 22.2 Å². The Morgan fingerprint density at radius 1 is 1.38 bits per heavy atom. The van der Waals surface area contributed by atoms with Crippen LogP contribution in [0.25, 0.3) is 0 Å². The van der Waals surface area contributed by atoms with Gasteiger partial charge in [0.2, 0.25) is 0 Å². The van der Waals surface area contributed by atoms with E-state index in [1.807, 2.05) is 37.3 Å². The van der Waals surface area contributed by atoms with Crippen LogP contribution >= 0.6 is 22.9 Å². The summed E-state index contributed by atoms with van der Waals surface area (Å²) in [5.74, 6) is -0.249. The molecule has 0 fully saturated rings. The number of benzene rings is 1. The van der Waals surface area contributed by atoms with Gasteiger partial charge in [0.15, 0.2) is 4.34 Å². The Balaban J connectivity index is 2.20. The zero-order chi connectivity index (χ0) is 15.4. The fraction of sp³-hybridized carbons (Fsp3) is 0.214. The number of carbonyl (C=O) groups excluding carboxylic acids is 1. The van der Waals surface area contributed by atoms with Crippen LogP contribution in [0.2, 0.25) is 4.34 Å². The molecule has 0 aliphatic rings. The van der Waals surface area contributed by atoms with Gasteiger partial charge in [-0.05, 0) is 12.5 Å². The molecular formula is C14H13ClN2O3S. The molecule has 1 amide bonds. The number of amides is 1. The normalized spacial score (nSPS) is 10.4. The molecule has 1 aromatic heterocycles. The molecule has 0 unspecified atom stereocenters. The van der Waals surface area contributed by atoms with Gasteiger partial charge in [-0.1, -0.05) is 41.9 Å². The number of thiophene rings is 1. The predicted molar refractivity (Wildman–Crippen MR) is 82.8 cm³/mol. The van der Waals surface area contributed by atoms with Gasteiger partial charge in [0.05, 0.1) is 4.92 Å². The Morgan fingerprint density at radius 3 is 2.57 bits per heavy atom. The molecule has 21 heavy (non-hydrogen) atoms. The van der Waals surface area contributed by atoms with E-state index in [2.05, 4.69) is 0 Å². The van der Waals surface area contributed by atoms with Crippen LogP contribution in [0.3, 0.4) is 0 Å². The quantitative estimate of drug-likeness (QED) is 0.617. The van der Waals surface area contributed by atoms with Crippen LogP contribution in [0.5, 0.6) is 0 Å². The average Bonchev–Trinajstić information content (AvgIpc) is 2.87. The Bertz CT molecular complexity index is 657. The number of nitrogens with zero attached hydrogens (tertiary/aromatic N) is 2. The number of hydrogen-bond donors (Lipinski definition) is 0. The van der Waals surface area contributed by atoms with E-state index in [0.717, 1.165) is 16.9 Å². The van der Waals surface area contributed by atoms with Gasteiger partial charge in [0, 0.05) is 19.2 Å². The van der Waals surface area contributed by atoms with Crippen LogP contribution in [0.15, 0.2) is 36.4 Å². The molecule has 110 valence electrons. The van der Waals surface area contributed by atoms with Crippen LogP contribution in [-0.2, 0) is 6.54 Å². The molecule has 0 saturated carbocycles. The number of hydrogen-bond acceptors (Lipinski definition) is 4. The highest BCUT2D eigenvalue weighted by molar-refractivity contribution is 7.18. The Morgan fingerprint density at radius 2 is 2.05 bits per heavy atom. The predicted octanol–water partition coefficient (Wildman–Crippen LogP) is 3.97. The molecule has 0 aliphatic carbocycles. The van der Waals surface area contributed by atoms with E-state index in [1.54, 1.807) is 4.90 Å². The second-order valence-corrected chi connectivity index (χ2v) is 5.99. The highest BCUT2D eigenvalue weighted by Gasteiger charge is 2.24. The number of halogens is 1. The van der Waals surface area contributed by atoms with Crippen molar-refractivity contribution in [1.29, 1.82) is 0 Å². The highest BCUT2D eigenvalue weighted by atomic mass is 35.5. The molecule has 0 spiro atoms. The van der Waals surface area contributed by atoms with Crippen LogP contribution in [0.4, 0.5) is 5.69 Å². The van der Waals surface area contributed by atoms with E-state index >= 15 is 0 Å². The third-order valence-electron chi connectivity index (χ3n) is 2.96. The lowest BCUT2D eigenvalue weighted by molar-refractivity contribution is -0.384. The lowest BCUT2D eigenvalue weighted by Crippen LogP contribution is -2.29. The third-order valence-corrected chi connectivity index (χ3v) is 4.29. The van der Waals surface area contributed by atoms with Crippen LogP contribution < -0.4 is 0 Å². The first-order valence-electron chi connectivity index (χ1n) is 6.29. The van der Waals surface area contributed by atoms with E-state index in [0.29, 0.717) is 13.1 Å². The van der Waals surface area contributed by atoms with E-state index in [-0.39, 0.29) is 20.8 Å². The lowest BCUT2D eigenvalue weighted by Gasteiger charge is -2.20. The van der Waals surface area contributed by atoms with Gasteiger partial charge in [0.1, 0.15) is 4.88 Å². The van der Waals surface area contributed by atoms with Crippen molar-refractivity contribution in [2.24, 2.45) is 0 Å². The smallest absolute Gasteiger partial charge is 0.299 e. The van der Waals surface area contributed by atoms with Gasteiger partial charge in [-0.25, -0.2) is 0 Å². The van der Waals surface area contributed by atoms with Crippen LogP contribution in [-0.4, -0.2) is 22.3 Å². The molecule has 0 radical (unpaired) electrons.